The van der Waals surface area contributed by atoms with Crippen molar-refractivity contribution in [2.24, 2.45) is 0 Å². The summed E-state index contributed by atoms with van der Waals surface area (Å²) in [6, 6.07) is 5.92. The summed E-state index contributed by atoms with van der Waals surface area (Å²) in [5, 5.41) is 7.13. The van der Waals surface area contributed by atoms with E-state index in [1.54, 1.807) is 6.20 Å². The molecule has 0 aliphatic rings. The summed E-state index contributed by atoms with van der Waals surface area (Å²) in [5.41, 5.74) is 2.86. The minimum absolute atomic E-state index is 0.00662. The summed E-state index contributed by atoms with van der Waals surface area (Å²) in [5.74, 6) is -0.00662. The molecule has 0 saturated carbocycles. The van der Waals surface area contributed by atoms with Crippen LogP contribution in [0.15, 0.2) is 35.1 Å². The molecule has 20 heavy (non-hydrogen) atoms. The van der Waals surface area contributed by atoms with Crippen molar-refractivity contribution in [2.45, 2.75) is 26.8 Å². The van der Waals surface area contributed by atoms with Gasteiger partial charge in [-0.1, -0.05) is 17.7 Å². The molecule has 0 bridgehead atoms. The van der Waals surface area contributed by atoms with Gasteiger partial charge in [0.05, 0.1) is 10.7 Å². The molecule has 2 aromatic rings. The molecule has 0 aliphatic carbocycles. The normalized spacial score (nSPS) is 10.6. The van der Waals surface area contributed by atoms with Gasteiger partial charge in [0.15, 0.2) is 0 Å². The molecule has 5 heteroatoms. The third-order valence-corrected chi connectivity index (χ3v) is 3.50. The van der Waals surface area contributed by atoms with Crippen LogP contribution in [-0.4, -0.2) is 22.2 Å². The van der Waals surface area contributed by atoms with Gasteiger partial charge in [-0.05, 0) is 47.8 Å². The second kappa shape index (κ2) is 6.70. The highest BCUT2D eigenvalue weighted by atomic mass is 79.9. The number of hydrogen-bond acceptors (Lipinski definition) is 2. The van der Waals surface area contributed by atoms with E-state index < -0.39 is 0 Å². The molecule has 1 heterocycles. The molecule has 106 valence electrons. The smallest absolute Gasteiger partial charge is 0.251 e. The van der Waals surface area contributed by atoms with Gasteiger partial charge in [0.1, 0.15) is 0 Å². The number of aryl methyl sites for hydroxylation is 3. The van der Waals surface area contributed by atoms with E-state index in [2.05, 4.69) is 26.3 Å². The van der Waals surface area contributed by atoms with Gasteiger partial charge >= 0.3 is 0 Å². The van der Waals surface area contributed by atoms with Crippen LogP contribution >= 0.6 is 15.9 Å². The summed E-state index contributed by atoms with van der Waals surface area (Å²) in [4.78, 5) is 12.1. The molecule has 0 atom stereocenters. The number of amides is 1. The Bertz CT molecular complexity index is 607. The summed E-state index contributed by atoms with van der Waals surface area (Å²) < 4.78 is 2.82. The zero-order valence-corrected chi connectivity index (χ0v) is 13.3. The number of carbonyl (C=O) groups is 1. The van der Waals surface area contributed by atoms with Crippen molar-refractivity contribution in [2.75, 3.05) is 6.54 Å². The molecule has 0 saturated heterocycles. The molecule has 2 rings (SSSR count). The molecule has 0 spiro atoms. The van der Waals surface area contributed by atoms with Crippen LogP contribution in [0.5, 0.6) is 0 Å². The monoisotopic (exact) mass is 335 g/mol. The molecule has 0 radical (unpaired) electrons. The first-order valence-corrected chi connectivity index (χ1v) is 7.39. The number of hydrogen-bond donors (Lipinski definition) is 1. The number of aromatic nitrogens is 2. The number of benzene rings is 1. The van der Waals surface area contributed by atoms with E-state index in [0.717, 1.165) is 34.1 Å². The van der Waals surface area contributed by atoms with Gasteiger partial charge in [0.25, 0.3) is 5.91 Å². The maximum Gasteiger partial charge on any atom is 0.251 e. The standard InChI is InChI=1S/C15H18BrN3O/c1-11-4-5-12(2)14(8-11)15(20)17-6-3-7-19-10-13(16)9-18-19/h4-5,8-10H,3,6-7H2,1-2H3,(H,17,20). The van der Waals surface area contributed by atoms with E-state index in [-0.39, 0.29) is 5.91 Å². The van der Waals surface area contributed by atoms with Crippen LogP contribution in [0.2, 0.25) is 0 Å². The predicted molar refractivity (Wildman–Crippen MR) is 82.8 cm³/mol. The lowest BCUT2D eigenvalue weighted by Crippen LogP contribution is -2.26. The van der Waals surface area contributed by atoms with E-state index in [0.29, 0.717) is 6.54 Å². The fourth-order valence-electron chi connectivity index (χ4n) is 1.98. The second-order valence-electron chi connectivity index (χ2n) is 4.85. The average Bonchev–Trinajstić information content (AvgIpc) is 2.83. The first kappa shape index (κ1) is 14.8. The number of rotatable bonds is 5. The highest BCUT2D eigenvalue weighted by molar-refractivity contribution is 9.10. The molecular formula is C15H18BrN3O. The first-order valence-electron chi connectivity index (χ1n) is 6.59. The molecule has 1 aromatic heterocycles. The van der Waals surface area contributed by atoms with Crippen molar-refractivity contribution >= 4 is 21.8 Å². The lowest BCUT2D eigenvalue weighted by atomic mass is 10.1. The molecule has 1 amide bonds. The van der Waals surface area contributed by atoms with Crippen molar-refractivity contribution in [3.63, 3.8) is 0 Å². The predicted octanol–water partition coefficient (Wildman–Crippen LogP) is 3.08. The Morgan fingerprint density at radius 3 is 2.90 bits per heavy atom. The number of halogens is 1. The molecule has 0 aliphatic heterocycles. The maximum absolute atomic E-state index is 12.1. The van der Waals surface area contributed by atoms with E-state index in [4.69, 9.17) is 0 Å². The Morgan fingerprint density at radius 1 is 1.40 bits per heavy atom. The summed E-state index contributed by atoms with van der Waals surface area (Å²) in [6.07, 6.45) is 4.53. The summed E-state index contributed by atoms with van der Waals surface area (Å²) >= 11 is 3.36. The fourth-order valence-corrected chi connectivity index (χ4v) is 2.31. The van der Waals surface area contributed by atoms with Gasteiger partial charge in [0, 0.05) is 24.8 Å². The van der Waals surface area contributed by atoms with Gasteiger partial charge in [0.2, 0.25) is 0 Å². The topological polar surface area (TPSA) is 46.9 Å². The largest absolute Gasteiger partial charge is 0.352 e. The van der Waals surface area contributed by atoms with Gasteiger partial charge in [-0.2, -0.15) is 5.10 Å². The van der Waals surface area contributed by atoms with Gasteiger partial charge in [-0.15, -0.1) is 0 Å². The third-order valence-electron chi connectivity index (χ3n) is 3.09. The number of nitrogens with zero attached hydrogens (tertiary/aromatic N) is 2. The van der Waals surface area contributed by atoms with Crippen molar-refractivity contribution in [3.8, 4) is 0 Å². The molecule has 4 nitrogen and oxygen atoms in total. The molecular weight excluding hydrogens is 318 g/mol. The average molecular weight is 336 g/mol. The van der Waals surface area contributed by atoms with Crippen molar-refractivity contribution in [1.29, 1.82) is 0 Å². The van der Waals surface area contributed by atoms with Crippen LogP contribution in [0.1, 0.15) is 27.9 Å². The lowest BCUT2D eigenvalue weighted by molar-refractivity contribution is 0.0952. The highest BCUT2D eigenvalue weighted by Gasteiger charge is 2.08. The zero-order chi connectivity index (χ0) is 14.5. The van der Waals surface area contributed by atoms with Gasteiger partial charge < -0.3 is 5.32 Å². The van der Waals surface area contributed by atoms with Crippen LogP contribution in [0.25, 0.3) is 0 Å². The summed E-state index contributed by atoms with van der Waals surface area (Å²) in [7, 11) is 0. The Balaban J connectivity index is 1.82. The highest BCUT2D eigenvalue weighted by Crippen LogP contribution is 2.10. The first-order chi connectivity index (χ1) is 9.56. The van der Waals surface area contributed by atoms with Gasteiger partial charge in [-0.25, -0.2) is 0 Å². The minimum atomic E-state index is -0.00662. The zero-order valence-electron chi connectivity index (χ0n) is 11.7. The Labute approximate surface area is 127 Å². The third kappa shape index (κ3) is 3.93. The van der Waals surface area contributed by atoms with Crippen molar-refractivity contribution in [3.05, 3.63) is 51.8 Å². The maximum atomic E-state index is 12.1. The van der Waals surface area contributed by atoms with E-state index in [9.17, 15) is 4.79 Å². The second-order valence-corrected chi connectivity index (χ2v) is 5.77. The lowest BCUT2D eigenvalue weighted by Gasteiger charge is -2.08. The number of carbonyl (C=O) groups excluding carboxylic acids is 1. The van der Waals surface area contributed by atoms with E-state index in [1.165, 1.54) is 0 Å². The van der Waals surface area contributed by atoms with E-state index in [1.807, 2.05) is 42.9 Å². The Kier molecular flexibility index (Phi) is 4.95. The van der Waals surface area contributed by atoms with Crippen LogP contribution in [0.4, 0.5) is 0 Å². The van der Waals surface area contributed by atoms with Crippen LogP contribution < -0.4 is 5.32 Å². The van der Waals surface area contributed by atoms with Crippen LogP contribution in [0, 0.1) is 13.8 Å². The van der Waals surface area contributed by atoms with E-state index >= 15 is 0 Å². The molecule has 0 fully saturated rings. The van der Waals surface area contributed by atoms with Crippen molar-refractivity contribution < 1.29 is 4.79 Å². The SMILES string of the molecule is Cc1ccc(C)c(C(=O)NCCCn2cc(Br)cn2)c1. The number of nitrogens with one attached hydrogen (secondary N) is 1. The van der Waals surface area contributed by atoms with Crippen molar-refractivity contribution in [1.82, 2.24) is 15.1 Å². The Hall–Kier alpha value is -1.62. The molecule has 1 N–H and O–H groups in total. The minimum Gasteiger partial charge on any atom is -0.352 e. The van der Waals surface area contributed by atoms with Crippen LogP contribution in [0.3, 0.4) is 0 Å². The molecule has 1 aromatic carbocycles. The summed E-state index contributed by atoms with van der Waals surface area (Å²) in [6.45, 7) is 5.38. The Morgan fingerprint density at radius 2 is 2.20 bits per heavy atom. The van der Waals surface area contributed by atoms with Gasteiger partial charge in [-0.3, -0.25) is 9.48 Å². The fraction of sp³-hybridized carbons (Fsp3) is 0.333. The van der Waals surface area contributed by atoms with Crippen LogP contribution in [-0.2, 0) is 6.54 Å². The quantitative estimate of drug-likeness (QED) is 0.853. The molecule has 0 unspecified atom stereocenters.